The number of benzene rings is 3. The normalized spacial score (nSPS) is 11.0. The summed E-state index contributed by atoms with van der Waals surface area (Å²) < 4.78 is 38.1. The van der Waals surface area contributed by atoms with Crippen LogP contribution in [0.3, 0.4) is 0 Å². The topological polar surface area (TPSA) is 116 Å². The minimum absolute atomic E-state index is 0.0481. The Labute approximate surface area is 283 Å². The number of methoxy groups -OCH3 is 1. The van der Waals surface area contributed by atoms with E-state index in [1.165, 1.54) is 43.7 Å². The number of rotatable bonds is 12. The maximum absolute atomic E-state index is 13.1. The Morgan fingerprint density at radius 2 is 1.70 bits per heavy atom. The molecule has 0 fully saturated rings. The summed E-state index contributed by atoms with van der Waals surface area (Å²) in [5.74, 6) is 0.0254. The first-order valence-corrected chi connectivity index (χ1v) is 15.3. The molecule has 0 saturated heterocycles. The Bertz CT molecular complexity index is 1900. The van der Waals surface area contributed by atoms with Gasteiger partial charge in [0.2, 0.25) is 0 Å². The minimum atomic E-state index is -0.574. The fourth-order valence-corrected chi connectivity index (χ4v) is 5.22. The lowest BCUT2D eigenvalue weighted by Crippen LogP contribution is -2.20. The quantitative estimate of drug-likeness (QED) is 0.101. The summed E-state index contributed by atoms with van der Waals surface area (Å²) in [6.45, 7) is 3.85. The lowest BCUT2D eigenvalue weighted by molar-refractivity contribution is -0.118. The summed E-state index contributed by atoms with van der Waals surface area (Å²) in [5, 5.41) is 6.72. The molecule has 10 nitrogen and oxygen atoms in total. The van der Waals surface area contributed by atoms with E-state index in [-0.39, 0.29) is 35.5 Å². The average Bonchev–Trinajstić information content (AvgIpc) is 3.68. The number of furan rings is 1. The van der Waals surface area contributed by atoms with Crippen molar-refractivity contribution in [2.45, 2.75) is 20.5 Å². The fourth-order valence-electron chi connectivity index (χ4n) is 4.57. The Morgan fingerprint density at radius 1 is 1.00 bits per heavy atom. The molecule has 0 saturated carbocycles. The van der Waals surface area contributed by atoms with Gasteiger partial charge in [0, 0.05) is 32.8 Å². The number of nitrogens with one attached hydrogen (secondary N) is 2. The van der Waals surface area contributed by atoms with Gasteiger partial charge >= 0.3 is 5.91 Å². The van der Waals surface area contributed by atoms with E-state index in [2.05, 4.69) is 62.3 Å². The van der Waals surface area contributed by atoms with Gasteiger partial charge in [-0.05, 0) is 109 Å². The minimum Gasteiger partial charge on any atom is -0.493 e. The number of ether oxygens (including phenoxy) is 3. The van der Waals surface area contributed by atoms with Crippen LogP contribution in [0.2, 0.25) is 5.02 Å². The summed E-state index contributed by atoms with van der Waals surface area (Å²) in [5.41, 5.74) is 6.60. The number of anilines is 1. The molecule has 5 rings (SSSR count). The van der Waals surface area contributed by atoms with Crippen molar-refractivity contribution in [3.05, 3.63) is 123 Å². The van der Waals surface area contributed by atoms with Crippen molar-refractivity contribution in [3.8, 4) is 22.9 Å². The smallest absolute Gasteiger partial charge is 0.307 e. The highest BCUT2D eigenvalue weighted by Gasteiger charge is 2.19. The molecule has 0 aliphatic carbocycles. The molecule has 3 aromatic carbocycles. The molecule has 0 bridgehead atoms. The molecule has 2 heterocycles. The number of nitrogens with zero attached hydrogens (tertiary/aromatic N) is 2. The molecule has 0 unspecified atom stereocenters. The number of halogens is 3. The number of hydrogen-bond acceptors (Lipinski definition) is 7. The predicted molar refractivity (Wildman–Crippen MR) is 180 cm³/mol. The largest absolute Gasteiger partial charge is 0.493 e. The summed E-state index contributed by atoms with van der Waals surface area (Å²) in [6.07, 6.45) is 1.36. The monoisotopic (exact) mass is 722 g/mol. The van der Waals surface area contributed by atoms with Gasteiger partial charge < -0.3 is 28.5 Å². The number of aryl methyl sites for hydroxylation is 2. The molecule has 242 valence electrons. The zero-order valence-corrected chi connectivity index (χ0v) is 27.8. The molecule has 2 N–H and O–H groups in total. The number of amides is 2. The molecule has 2 amide bonds. The van der Waals surface area contributed by atoms with Gasteiger partial charge in [0.1, 0.15) is 29.0 Å². The van der Waals surface area contributed by atoms with Crippen LogP contribution in [0.25, 0.3) is 5.69 Å². The van der Waals surface area contributed by atoms with Gasteiger partial charge in [-0.1, -0.05) is 11.6 Å². The van der Waals surface area contributed by atoms with E-state index in [1.54, 1.807) is 12.1 Å². The van der Waals surface area contributed by atoms with Crippen molar-refractivity contribution in [2.75, 3.05) is 19.0 Å². The number of hydrazone groups is 1. The summed E-state index contributed by atoms with van der Waals surface area (Å²) in [7, 11) is 1.41. The molecule has 0 aliphatic heterocycles. The van der Waals surface area contributed by atoms with Crippen molar-refractivity contribution in [3.63, 3.8) is 0 Å². The van der Waals surface area contributed by atoms with Gasteiger partial charge in [0.05, 0.1) is 13.3 Å². The molecular weight excluding hydrogens is 695 g/mol. The van der Waals surface area contributed by atoms with E-state index in [1.807, 2.05) is 24.3 Å². The van der Waals surface area contributed by atoms with Crippen molar-refractivity contribution in [2.24, 2.45) is 5.10 Å². The maximum atomic E-state index is 13.1. The fraction of sp³-hybridized carbons (Fsp3) is 0.147. The Balaban J connectivity index is 1.15. The van der Waals surface area contributed by atoms with Crippen molar-refractivity contribution >= 4 is 51.2 Å². The second kappa shape index (κ2) is 15.0. The Hall–Kier alpha value is -5.07. The molecule has 5 aromatic rings. The standard InChI is InChI=1S/C34H29BrClFN4O6/c1-20-4-5-21(2)41(20)25-10-12-26(13-11-25)45-18-27-14-15-28(47-27)34(43)40-38-17-22-16-29(44-3)33(32(36)31(22)35)46-19-30(42)39-24-8-6-23(37)7-9-24/h4-17H,18-19H2,1-3H3,(H,39,42)(H,40,43)/b38-17+. The summed E-state index contributed by atoms with van der Waals surface area (Å²) in [4.78, 5) is 25.0. The summed E-state index contributed by atoms with van der Waals surface area (Å²) in [6, 6.07) is 21.9. The van der Waals surface area contributed by atoms with E-state index >= 15 is 0 Å². The van der Waals surface area contributed by atoms with Gasteiger partial charge in [-0.2, -0.15) is 5.10 Å². The van der Waals surface area contributed by atoms with Crippen LogP contribution in [-0.4, -0.2) is 36.3 Å². The van der Waals surface area contributed by atoms with Crippen LogP contribution in [0.15, 0.2) is 92.9 Å². The van der Waals surface area contributed by atoms with Crippen LogP contribution in [-0.2, 0) is 11.4 Å². The van der Waals surface area contributed by atoms with Crippen LogP contribution in [0.1, 0.15) is 33.3 Å². The second-order valence-corrected chi connectivity index (χ2v) is 11.3. The van der Waals surface area contributed by atoms with Crippen LogP contribution in [0.4, 0.5) is 10.1 Å². The van der Waals surface area contributed by atoms with Crippen molar-refractivity contribution in [1.29, 1.82) is 0 Å². The third-order valence-corrected chi connectivity index (χ3v) is 8.30. The van der Waals surface area contributed by atoms with Crippen molar-refractivity contribution in [1.82, 2.24) is 9.99 Å². The highest BCUT2D eigenvalue weighted by molar-refractivity contribution is 9.10. The lowest BCUT2D eigenvalue weighted by atomic mass is 10.2. The SMILES string of the molecule is COc1cc(/C=N/NC(=O)c2ccc(COc3ccc(-n4c(C)ccc4C)cc3)o2)c(Br)c(Cl)c1OCC(=O)Nc1ccc(F)cc1. The molecule has 0 spiro atoms. The van der Waals surface area contributed by atoms with Gasteiger partial charge in [0.15, 0.2) is 23.9 Å². The van der Waals surface area contributed by atoms with E-state index in [4.69, 9.17) is 30.2 Å². The van der Waals surface area contributed by atoms with Crippen LogP contribution >= 0.6 is 27.5 Å². The number of hydrogen-bond donors (Lipinski definition) is 2. The number of carbonyl (C=O) groups excluding carboxylic acids is 2. The predicted octanol–water partition coefficient (Wildman–Crippen LogP) is 7.61. The molecule has 0 aliphatic rings. The van der Waals surface area contributed by atoms with E-state index in [0.717, 1.165) is 17.1 Å². The Morgan fingerprint density at radius 3 is 2.38 bits per heavy atom. The van der Waals surface area contributed by atoms with Crippen LogP contribution < -0.4 is 25.0 Å². The highest BCUT2D eigenvalue weighted by atomic mass is 79.9. The molecule has 13 heteroatoms. The first-order valence-electron chi connectivity index (χ1n) is 14.2. The highest BCUT2D eigenvalue weighted by Crippen LogP contribution is 2.42. The number of aromatic nitrogens is 1. The van der Waals surface area contributed by atoms with Gasteiger partial charge in [-0.3, -0.25) is 9.59 Å². The lowest BCUT2D eigenvalue weighted by Gasteiger charge is -2.15. The Kier molecular flexibility index (Phi) is 10.6. The molecule has 0 atom stereocenters. The van der Waals surface area contributed by atoms with Gasteiger partial charge in [-0.15, -0.1) is 0 Å². The molecule has 2 aromatic heterocycles. The van der Waals surface area contributed by atoms with E-state index in [9.17, 15) is 14.0 Å². The second-order valence-electron chi connectivity index (χ2n) is 10.2. The molecule has 47 heavy (non-hydrogen) atoms. The van der Waals surface area contributed by atoms with E-state index < -0.39 is 17.6 Å². The zero-order chi connectivity index (χ0) is 33.5. The average molecular weight is 724 g/mol. The summed E-state index contributed by atoms with van der Waals surface area (Å²) >= 11 is 9.89. The first-order chi connectivity index (χ1) is 22.6. The molecular formula is C34H29BrClFN4O6. The van der Waals surface area contributed by atoms with Gasteiger partial charge in [0.25, 0.3) is 5.91 Å². The van der Waals surface area contributed by atoms with Gasteiger partial charge in [-0.25, -0.2) is 9.82 Å². The van der Waals surface area contributed by atoms with Crippen LogP contribution in [0.5, 0.6) is 17.2 Å². The maximum Gasteiger partial charge on any atom is 0.307 e. The zero-order valence-electron chi connectivity index (χ0n) is 25.5. The molecule has 0 radical (unpaired) electrons. The first kappa shape index (κ1) is 33.3. The third kappa shape index (κ3) is 8.21. The van der Waals surface area contributed by atoms with E-state index in [0.29, 0.717) is 27.2 Å². The third-order valence-electron chi connectivity index (χ3n) is 6.85. The van der Waals surface area contributed by atoms with Crippen molar-refractivity contribution < 1.29 is 32.6 Å². The van der Waals surface area contributed by atoms with Crippen LogP contribution in [0, 0.1) is 19.7 Å². The number of carbonyl (C=O) groups is 2.